The van der Waals surface area contributed by atoms with Gasteiger partial charge in [-0.15, -0.1) is 0 Å². The highest BCUT2D eigenvalue weighted by Crippen LogP contribution is 2.23. The molecule has 0 spiro atoms. The van der Waals surface area contributed by atoms with Crippen molar-refractivity contribution in [2.24, 2.45) is 0 Å². The lowest BCUT2D eigenvalue weighted by atomic mass is 9.98. The molecule has 1 rings (SSSR count). The second-order valence-electron chi connectivity index (χ2n) is 20.0. The Kier molecular flexibility index (Phi) is 42.4. The Labute approximate surface area is 399 Å². The van der Waals surface area contributed by atoms with Gasteiger partial charge in [-0.2, -0.15) is 0 Å². The molecule has 11 nitrogen and oxygen atoms in total. The van der Waals surface area contributed by atoms with Gasteiger partial charge in [0.05, 0.1) is 25.4 Å². The molecule has 0 bridgehead atoms. The normalized spacial score (nSPS) is 20.8. The molecular weight excluding hydrogens is 823 g/mol. The number of ether oxygens (including phenoxy) is 2. The van der Waals surface area contributed by atoms with Gasteiger partial charge in [0.1, 0.15) is 36.6 Å². The van der Waals surface area contributed by atoms with Crippen molar-refractivity contribution >= 4 is 5.91 Å². The Morgan fingerprint density at radius 2 is 0.800 bits per heavy atom. The van der Waals surface area contributed by atoms with Gasteiger partial charge in [-0.25, -0.2) is 0 Å². The minimum atomic E-state index is -1.66. The molecule has 8 N–H and O–H groups in total. The Morgan fingerprint density at radius 1 is 0.477 bits per heavy atom. The van der Waals surface area contributed by atoms with Gasteiger partial charge in [-0.05, 0) is 12.8 Å². The summed E-state index contributed by atoms with van der Waals surface area (Å²) in [5.41, 5.74) is 0. The third-order valence-corrected chi connectivity index (χ3v) is 13.9. The molecule has 0 radical (unpaired) electrons. The fourth-order valence-corrected chi connectivity index (χ4v) is 9.33. The molecule has 11 heteroatoms. The van der Waals surface area contributed by atoms with Gasteiger partial charge in [-0.1, -0.05) is 258 Å². The van der Waals surface area contributed by atoms with Crippen LogP contribution in [0.5, 0.6) is 0 Å². The van der Waals surface area contributed by atoms with Gasteiger partial charge in [0.25, 0.3) is 0 Å². The average Bonchev–Trinajstić information content (AvgIpc) is 3.31. The van der Waals surface area contributed by atoms with E-state index in [1.54, 1.807) is 0 Å². The monoisotopic (exact) mass is 930 g/mol. The highest BCUT2D eigenvalue weighted by atomic mass is 16.7. The zero-order valence-corrected chi connectivity index (χ0v) is 42.2. The van der Waals surface area contributed by atoms with E-state index in [0.717, 1.165) is 38.5 Å². The van der Waals surface area contributed by atoms with Crippen molar-refractivity contribution in [1.29, 1.82) is 0 Å². The minimum absolute atomic E-state index is 0.267. The van der Waals surface area contributed by atoms with Crippen LogP contribution in [0.2, 0.25) is 0 Å². The van der Waals surface area contributed by atoms with E-state index in [0.29, 0.717) is 19.3 Å². The van der Waals surface area contributed by atoms with Crippen LogP contribution in [0.25, 0.3) is 0 Å². The molecule has 0 aromatic carbocycles. The molecule has 9 unspecified atom stereocenters. The summed E-state index contributed by atoms with van der Waals surface area (Å²) in [6.07, 6.45) is 37.5. The lowest BCUT2D eigenvalue weighted by Crippen LogP contribution is -2.60. The number of aliphatic hydroxyl groups is 7. The van der Waals surface area contributed by atoms with Crippen LogP contribution < -0.4 is 5.32 Å². The van der Waals surface area contributed by atoms with E-state index in [-0.39, 0.29) is 6.42 Å². The SMILES string of the molecule is CCCCCCCCCCCCCCCCCCCCCCCCCCCCCC(O)C(=O)NC(COC1OC(CO)C(O)C(O)C1O)C(O)C(O)CCCCCCCCCCCCC. The quantitative estimate of drug-likeness (QED) is 0.0273. The van der Waals surface area contributed by atoms with E-state index in [4.69, 9.17) is 9.47 Å². The first-order valence-electron chi connectivity index (χ1n) is 27.9. The van der Waals surface area contributed by atoms with Gasteiger partial charge >= 0.3 is 0 Å². The maximum Gasteiger partial charge on any atom is 0.249 e. The lowest BCUT2D eigenvalue weighted by molar-refractivity contribution is -0.303. The first kappa shape index (κ1) is 62.1. The summed E-state index contributed by atoms with van der Waals surface area (Å²) >= 11 is 0. The number of hydrogen-bond acceptors (Lipinski definition) is 10. The zero-order chi connectivity index (χ0) is 47.6. The number of nitrogens with one attached hydrogen (secondary N) is 1. The molecule has 65 heavy (non-hydrogen) atoms. The standard InChI is InChI=1S/C54H107NO10/c1-3-5-7-9-11-13-15-16-17-18-19-20-21-22-23-24-25-26-27-28-29-30-32-34-36-38-40-42-47(58)53(63)55-45(44-64-54-52(62)51(61)50(60)48(43-56)65-54)49(59)46(57)41-39-37-35-33-31-14-12-10-8-6-4-2/h45-52,54,56-62H,3-44H2,1-2H3,(H,55,63). The number of carbonyl (C=O) groups excluding carboxylic acids is 1. The third kappa shape index (κ3) is 33.3. The summed E-state index contributed by atoms with van der Waals surface area (Å²) in [6.45, 7) is 3.46. The minimum Gasteiger partial charge on any atom is -0.394 e. The molecule has 0 aliphatic carbocycles. The highest BCUT2D eigenvalue weighted by Gasteiger charge is 2.44. The van der Waals surface area contributed by atoms with Gasteiger partial charge < -0.3 is 50.5 Å². The fourth-order valence-electron chi connectivity index (χ4n) is 9.33. The number of amides is 1. The summed E-state index contributed by atoms with van der Waals surface area (Å²) in [7, 11) is 0. The molecule has 1 heterocycles. The molecule has 0 aromatic rings. The van der Waals surface area contributed by atoms with Crippen LogP contribution in [0, 0.1) is 0 Å². The van der Waals surface area contributed by atoms with Crippen molar-refractivity contribution in [3.05, 3.63) is 0 Å². The van der Waals surface area contributed by atoms with Crippen molar-refractivity contribution in [2.75, 3.05) is 13.2 Å². The van der Waals surface area contributed by atoms with Crippen molar-refractivity contribution in [3.63, 3.8) is 0 Å². The van der Waals surface area contributed by atoms with Crippen LogP contribution >= 0.6 is 0 Å². The van der Waals surface area contributed by atoms with Crippen LogP contribution in [0.15, 0.2) is 0 Å². The first-order valence-corrected chi connectivity index (χ1v) is 27.9. The van der Waals surface area contributed by atoms with Gasteiger partial charge in [0.2, 0.25) is 5.91 Å². The van der Waals surface area contributed by atoms with Gasteiger partial charge in [-0.3, -0.25) is 4.79 Å². The van der Waals surface area contributed by atoms with Crippen LogP contribution in [0.4, 0.5) is 0 Å². The van der Waals surface area contributed by atoms with E-state index in [1.807, 2.05) is 0 Å². The van der Waals surface area contributed by atoms with Crippen LogP contribution in [0.1, 0.15) is 271 Å². The second-order valence-corrected chi connectivity index (χ2v) is 20.0. The molecule has 1 saturated heterocycles. The number of hydrogen-bond donors (Lipinski definition) is 8. The fraction of sp³-hybridized carbons (Fsp3) is 0.981. The van der Waals surface area contributed by atoms with E-state index in [2.05, 4.69) is 19.2 Å². The van der Waals surface area contributed by atoms with E-state index >= 15 is 0 Å². The van der Waals surface area contributed by atoms with Crippen LogP contribution in [0.3, 0.4) is 0 Å². The first-order chi connectivity index (χ1) is 31.7. The lowest BCUT2D eigenvalue weighted by Gasteiger charge is -2.40. The summed E-state index contributed by atoms with van der Waals surface area (Å²) in [6, 6.07) is -1.16. The van der Waals surface area contributed by atoms with Crippen LogP contribution in [-0.4, -0.2) is 110 Å². The Bertz CT molecular complexity index is 1020. The van der Waals surface area contributed by atoms with E-state index < -0.39 is 74.2 Å². The molecule has 1 aliphatic heterocycles. The predicted molar refractivity (Wildman–Crippen MR) is 266 cm³/mol. The molecule has 1 fully saturated rings. The molecule has 1 aliphatic rings. The van der Waals surface area contributed by atoms with Gasteiger partial charge in [0.15, 0.2) is 6.29 Å². The van der Waals surface area contributed by atoms with E-state index in [9.17, 15) is 40.5 Å². The summed E-state index contributed by atoms with van der Waals surface area (Å²) in [5.74, 6) is -0.692. The Balaban J connectivity index is 2.22. The Morgan fingerprint density at radius 3 is 1.14 bits per heavy atom. The predicted octanol–water partition coefficient (Wildman–Crippen LogP) is 11.0. The smallest absolute Gasteiger partial charge is 0.249 e. The zero-order valence-electron chi connectivity index (χ0n) is 42.2. The molecule has 9 atom stereocenters. The summed E-state index contributed by atoms with van der Waals surface area (Å²) in [5, 5.41) is 75.8. The Hall–Kier alpha value is -0.890. The molecule has 0 saturated carbocycles. The van der Waals surface area contributed by atoms with Crippen molar-refractivity contribution in [2.45, 2.75) is 326 Å². The number of rotatable bonds is 48. The second kappa shape index (κ2) is 44.3. The molecule has 0 aromatic heterocycles. The topological polar surface area (TPSA) is 189 Å². The highest BCUT2D eigenvalue weighted by molar-refractivity contribution is 5.80. The maximum atomic E-state index is 13.1. The van der Waals surface area contributed by atoms with E-state index in [1.165, 1.54) is 193 Å². The number of unbranched alkanes of at least 4 members (excludes halogenated alkanes) is 36. The number of carbonyl (C=O) groups is 1. The molecule has 1 amide bonds. The van der Waals surface area contributed by atoms with Crippen molar-refractivity contribution in [1.82, 2.24) is 5.32 Å². The third-order valence-electron chi connectivity index (χ3n) is 13.9. The average molecular weight is 930 g/mol. The van der Waals surface area contributed by atoms with Gasteiger partial charge in [0, 0.05) is 0 Å². The summed E-state index contributed by atoms with van der Waals surface area (Å²) < 4.78 is 11.1. The van der Waals surface area contributed by atoms with Crippen molar-refractivity contribution in [3.8, 4) is 0 Å². The largest absolute Gasteiger partial charge is 0.394 e. The van der Waals surface area contributed by atoms with Crippen molar-refractivity contribution < 1.29 is 50.0 Å². The molecule has 388 valence electrons. The number of aliphatic hydroxyl groups excluding tert-OH is 7. The summed E-state index contributed by atoms with van der Waals surface area (Å²) in [4.78, 5) is 13.1. The maximum absolute atomic E-state index is 13.1. The molecular formula is C54H107NO10. The van der Waals surface area contributed by atoms with Crippen LogP contribution in [-0.2, 0) is 14.3 Å².